The molecule has 3 saturated heterocycles. The lowest BCUT2D eigenvalue weighted by atomic mass is 9.79. The first kappa shape index (κ1) is 20.3. The molecule has 0 aromatic heterocycles. The van der Waals surface area contributed by atoms with E-state index in [4.69, 9.17) is 0 Å². The highest BCUT2D eigenvalue weighted by atomic mass is 32.2. The van der Waals surface area contributed by atoms with E-state index in [1.807, 2.05) is 11.9 Å². The lowest BCUT2D eigenvalue weighted by molar-refractivity contribution is -0.141. The first-order chi connectivity index (χ1) is 13.8. The second-order valence-corrected chi connectivity index (χ2v) is 10.8. The van der Waals surface area contributed by atoms with Gasteiger partial charge in [-0.3, -0.25) is 9.59 Å². The lowest BCUT2D eigenvalue weighted by Crippen LogP contribution is -2.49. The van der Waals surface area contributed by atoms with Crippen molar-refractivity contribution in [3.05, 3.63) is 30.3 Å². The van der Waals surface area contributed by atoms with Crippen LogP contribution in [0.15, 0.2) is 35.2 Å². The summed E-state index contributed by atoms with van der Waals surface area (Å²) < 4.78 is 25.0. The molecule has 8 heteroatoms. The SMILES string of the molecule is CN1C[C@H]2CN(C(=O)CCS(=O)(=O)c3ccccc3)C[C@@]2(C(=O)N2CCCC2)C1. The predicted molar refractivity (Wildman–Crippen MR) is 109 cm³/mol. The van der Waals surface area contributed by atoms with Crippen LogP contribution in [0.5, 0.6) is 0 Å². The normalized spacial score (nSPS) is 27.4. The average molecular weight is 420 g/mol. The van der Waals surface area contributed by atoms with Gasteiger partial charge in [0.2, 0.25) is 11.8 Å². The number of carbonyl (C=O) groups excluding carboxylic acids is 2. The highest BCUT2D eigenvalue weighted by molar-refractivity contribution is 7.91. The topological polar surface area (TPSA) is 78.0 Å². The summed E-state index contributed by atoms with van der Waals surface area (Å²) in [5.74, 6) is -0.0775. The minimum absolute atomic E-state index is 0.0478. The van der Waals surface area contributed by atoms with E-state index in [9.17, 15) is 18.0 Å². The molecule has 7 nitrogen and oxygen atoms in total. The Labute approximate surface area is 172 Å². The van der Waals surface area contributed by atoms with Gasteiger partial charge in [0.1, 0.15) is 0 Å². The quantitative estimate of drug-likeness (QED) is 0.708. The smallest absolute Gasteiger partial charge is 0.232 e. The van der Waals surface area contributed by atoms with Crippen LogP contribution < -0.4 is 0 Å². The Bertz CT molecular complexity index is 882. The zero-order chi connectivity index (χ0) is 20.6. The van der Waals surface area contributed by atoms with Gasteiger partial charge in [0.25, 0.3) is 0 Å². The largest absolute Gasteiger partial charge is 0.342 e. The molecule has 29 heavy (non-hydrogen) atoms. The van der Waals surface area contributed by atoms with Crippen molar-refractivity contribution in [2.45, 2.75) is 24.2 Å². The molecule has 2 atom stereocenters. The van der Waals surface area contributed by atoms with Crippen molar-refractivity contribution >= 4 is 21.7 Å². The predicted octanol–water partition coefficient (Wildman–Crippen LogP) is 0.863. The molecule has 0 spiro atoms. The molecular formula is C21H29N3O4S. The molecule has 0 N–H and O–H groups in total. The average Bonchev–Trinajstić information content (AvgIpc) is 3.41. The standard InChI is InChI=1S/C21H29N3O4S/c1-22-13-17-14-24(16-21(17,15-22)20(26)23-10-5-6-11-23)19(25)9-12-29(27,28)18-7-3-2-4-8-18/h2-4,7-8,17H,5-6,9-16H2,1H3/t17-,21-/m0/s1. The van der Waals surface area contributed by atoms with Gasteiger partial charge in [-0.15, -0.1) is 0 Å². The number of sulfone groups is 1. The van der Waals surface area contributed by atoms with Crippen LogP contribution in [0.1, 0.15) is 19.3 Å². The van der Waals surface area contributed by atoms with Gasteiger partial charge in [-0.2, -0.15) is 0 Å². The first-order valence-corrected chi connectivity index (χ1v) is 12.0. The van der Waals surface area contributed by atoms with Gasteiger partial charge < -0.3 is 14.7 Å². The zero-order valence-corrected chi connectivity index (χ0v) is 17.7. The summed E-state index contributed by atoms with van der Waals surface area (Å²) >= 11 is 0. The van der Waals surface area contributed by atoms with Crippen LogP contribution in [0, 0.1) is 11.3 Å². The Hall–Kier alpha value is -1.93. The van der Waals surface area contributed by atoms with E-state index in [2.05, 4.69) is 4.90 Å². The molecule has 3 heterocycles. The summed E-state index contributed by atoms with van der Waals surface area (Å²) in [6.07, 6.45) is 2.04. The van der Waals surface area contributed by atoms with Gasteiger partial charge in [0.05, 0.1) is 16.1 Å². The second-order valence-electron chi connectivity index (χ2n) is 8.71. The Morgan fingerprint density at radius 2 is 1.72 bits per heavy atom. The molecule has 0 bridgehead atoms. The molecule has 0 saturated carbocycles. The summed E-state index contributed by atoms with van der Waals surface area (Å²) in [7, 11) is -1.46. The number of nitrogens with zero attached hydrogens (tertiary/aromatic N) is 3. The second kappa shape index (κ2) is 7.72. The number of carbonyl (C=O) groups is 2. The van der Waals surface area contributed by atoms with Crippen molar-refractivity contribution in [2.75, 3.05) is 52.1 Å². The number of hydrogen-bond acceptors (Lipinski definition) is 5. The highest BCUT2D eigenvalue weighted by Crippen LogP contribution is 2.44. The fourth-order valence-corrected chi connectivity index (χ4v) is 6.42. The van der Waals surface area contributed by atoms with Crippen LogP contribution in [-0.2, 0) is 19.4 Å². The molecule has 0 radical (unpaired) electrons. The number of rotatable bonds is 5. The van der Waals surface area contributed by atoms with E-state index in [-0.39, 0.29) is 34.8 Å². The minimum Gasteiger partial charge on any atom is -0.342 e. The van der Waals surface area contributed by atoms with Crippen LogP contribution in [-0.4, -0.2) is 87.0 Å². The minimum atomic E-state index is -3.49. The van der Waals surface area contributed by atoms with E-state index >= 15 is 0 Å². The maximum atomic E-state index is 13.3. The van der Waals surface area contributed by atoms with Crippen LogP contribution in [0.4, 0.5) is 0 Å². The van der Waals surface area contributed by atoms with Crippen LogP contribution >= 0.6 is 0 Å². The number of amides is 2. The molecular weight excluding hydrogens is 390 g/mol. The van der Waals surface area contributed by atoms with Crippen molar-refractivity contribution in [3.63, 3.8) is 0 Å². The molecule has 0 aliphatic carbocycles. The Morgan fingerprint density at radius 1 is 1.03 bits per heavy atom. The van der Waals surface area contributed by atoms with E-state index < -0.39 is 15.3 Å². The third kappa shape index (κ3) is 3.80. The van der Waals surface area contributed by atoms with Gasteiger partial charge in [0, 0.05) is 51.6 Å². The summed E-state index contributed by atoms with van der Waals surface area (Å²) in [4.78, 5) is 32.3. The molecule has 3 aliphatic heterocycles. The van der Waals surface area contributed by atoms with Crippen molar-refractivity contribution in [2.24, 2.45) is 11.3 Å². The third-order valence-electron chi connectivity index (χ3n) is 6.64. The molecule has 0 unspecified atom stereocenters. The Morgan fingerprint density at radius 3 is 2.41 bits per heavy atom. The maximum Gasteiger partial charge on any atom is 0.232 e. The van der Waals surface area contributed by atoms with Gasteiger partial charge in [-0.25, -0.2) is 8.42 Å². The molecule has 3 fully saturated rings. The van der Waals surface area contributed by atoms with Crippen LogP contribution in [0.2, 0.25) is 0 Å². The van der Waals surface area contributed by atoms with Gasteiger partial charge in [-0.05, 0) is 32.0 Å². The number of fused-ring (bicyclic) bond motifs is 1. The lowest BCUT2D eigenvalue weighted by Gasteiger charge is -2.32. The number of benzene rings is 1. The van der Waals surface area contributed by atoms with E-state index in [0.717, 1.165) is 32.5 Å². The molecule has 1 aromatic rings. The van der Waals surface area contributed by atoms with Gasteiger partial charge in [-0.1, -0.05) is 18.2 Å². The van der Waals surface area contributed by atoms with Crippen molar-refractivity contribution in [3.8, 4) is 0 Å². The molecule has 158 valence electrons. The number of hydrogen-bond donors (Lipinski definition) is 0. The van der Waals surface area contributed by atoms with Crippen LogP contribution in [0.3, 0.4) is 0 Å². The van der Waals surface area contributed by atoms with Crippen LogP contribution in [0.25, 0.3) is 0 Å². The summed E-state index contributed by atoms with van der Waals surface area (Å²) in [5.41, 5.74) is -0.535. The van der Waals surface area contributed by atoms with Crippen molar-refractivity contribution in [1.82, 2.24) is 14.7 Å². The fraction of sp³-hybridized carbons (Fsp3) is 0.619. The molecule has 2 amide bonds. The van der Waals surface area contributed by atoms with Gasteiger partial charge >= 0.3 is 0 Å². The van der Waals surface area contributed by atoms with E-state index in [0.29, 0.717) is 19.6 Å². The van der Waals surface area contributed by atoms with E-state index in [1.165, 1.54) is 0 Å². The van der Waals surface area contributed by atoms with Crippen molar-refractivity contribution < 1.29 is 18.0 Å². The van der Waals surface area contributed by atoms with Crippen molar-refractivity contribution in [1.29, 1.82) is 0 Å². The molecule has 4 rings (SSSR count). The highest BCUT2D eigenvalue weighted by Gasteiger charge is 2.58. The monoisotopic (exact) mass is 419 g/mol. The van der Waals surface area contributed by atoms with E-state index in [1.54, 1.807) is 35.2 Å². The number of likely N-dealkylation sites (tertiary alicyclic amines) is 3. The zero-order valence-electron chi connectivity index (χ0n) is 16.9. The Kier molecular flexibility index (Phi) is 5.42. The summed E-state index contributed by atoms with van der Waals surface area (Å²) in [6.45, 7) is 4.01. The maximum absolute atomic E-state index is 13.3. The molecule has 1 aromatic carbocycles. The molecule has 3 aliphatic rings. The fourth-order valence-electron chi connectivity index (χ4n) is 5.17. The Balaban J connectivity index is 1.44. The summed E-state index contributed by atoms with van der Waals surface area (Å²) in [6, 6.07) is 8.24. The summed E-state index contributed by atoms with van der Waals surface area (Å²) in [5, 5.41) is 0. The van der Waals surface area contributed by atoms with Gasteiger partial charge in [0.15, 0.2) is 9.84 Å². The first-order valence-electron chi connectivity index (χ1n) is 10.4. The third-order valence-corrected chi connectivity index (χ3v) is 8.37.